The summed E-state index contributed by atoms with van der Waals surface area (Å²) in [5.41, 5.74) is 2.64. The summed E-state index contributed by atoms with van der Waals surface area (Å²) in [7, 11) is 0. The molecule has 0 spiro atoms. The summed E-state index contributed by atoms with van der Waals surface area (Å²) in [5.74, 6) is 3.44. The molecular formula is C19H24N2OS2. The summed E-state index contributed by atoms with van der Waals surface area (Å²) < 4.78 is 0.697. The van der Waals surface area contributed by atoms with E-state index in [1.165, 1.54) is 36.8 Å². The van der Waals surface area contributed by atoms with E-state index in [1.54, 1.807) is 11.8 Å². The minimum Gasteiger partial charge on any atom is -0.362 e. The van der Waals surface area contributed by atoms with E-state index in [9.17, 15) is 4.79 Å². The second kappa shape index (κ2) is 6.34. The molecule has 24 heavy (non-hydrogen) atoms. The molecule has 4 fully saturated rings. The fourth-order valence-electron chi connectivity index (χ4n) is 5.08. The zero-order valence-electron chi connectivity index (χ0n) is 14.0. The Labute approximate surface area is 153 Å². The Balaban J connectivity index is 1.20. The van der Waals surface area contributed by atoms with E-state index in [0.29, 0.717) is 10.9 Å². The highest BCUT2D eigenvalue weighted by Gasteiger charge is 2.63. The summed E-state index contributed by atoms with van der Waals surface area (Å²) in [4.78, 5) is 12.3. The van der Waals surface area contributed by atoms with E-state index < -0.39 is 0 Å². The van der Waals surface area contributed by atoms with Crippen LogP contribution in [-0.4, -0.2) is 22.3 Å². The van der Waals surface area contributed by atoms with Gasteiger partial charge < -0.3 is 10.6 Å². The molecule has 1 aromatic rings. The van der Waals surface area contributed by atoms with Gasteiger partial charge in [0.05, 0.1) is 6.54 Å². The fraction of sp³-hybridized carbons (Fsp3) is 0.579. The quantitative estimate of drug-likeness (QED) is 0.790. The Morgan fingerprint density at radius 1 is 1.25 bits per heavy atom. The molecule has 3 nitrogen and oxygen atoms in total. The SMILES string of the molecule is Cc1ccc(CSC(=S)NCC(=O)NC23CC4CC2CC4C3)cc1. The monoisotopic (exact) mass is 360 g/mol. The van der Waals surface area contributed by atoms with Gasteiger partial charge in [0, 0.05) is 11.3 Å². The molecule has 0 aromatic heterocycles. The van der Waals surface area contributed by atoms with Crippen molar-refractivity contribution in [2.45, 2.75) is 43.9 Å². The lowest BCUT2D eigenvalue weighted by Gasteiger charge is -2.30. The summed E-state index contributed by atoms with van der Waals surface area (Å²) in [6.45, 7) is 2.38. The summed E-state index contributed by atoms with van der Waals surface area (Å²) in [5, 5.41) is 6.44. The molecule has 4 aliphatic rings. The van der Waals surface area contributed by atoms with Crippen LogP contribution in [0.25, 0.3) is 0 Å². The normalized spacial score (nSPS) is 32.3. The third-order valence-electron chi connectivity index (χ3n) is 6.15. The van der Waals surface area contributed by atoms with Crippen molar-refractivity contribution in [1.29, 1.82) is 0 Å². The molecule has 2 N–H and O–H groups in total. The van der Waals surface area contributed by atoms with Gasteiger partial charge in [0.15, 0.2) is 0 Å². The third-order valence-corrected chi connectivity index (χ3v) is 7.53. The number of hydrogen-bond acceptors (Lipinski definition) is 3. The Morgan fingerprint density at radius 2 is 1.92 bits per heavy atom. The molecule has 4 saturated carbocycles. The maximum Gasteiger partial charge on any atom is 0.239 e. The van der Waals surface area contributed by atoms with Crippen LogP contribution in [0.2, 0.25) is 0 Å². The predicted molar refractivity (Wildman–Crippen MR) is 103 cm³/mol. The molecule has 0 radical (unpaired) electrons. The molecule has 0 saturated heterocycles. The second-order valence-corrected chi connectivity index (χ2v) is 9.37. The first kappa shape index (κ1) is 16.4. The molecular weight excluding hydrogens is 336 g/mol. The molecule has 2 atom stereocenters. The summed E-state index contributed by atoms with van der Waals surface area (Å²) >= 11 is 6.93. The smallest absolute Gasteiger partial charge is 0.239 e. The average Bonchev–Trinajstić information content (AvgIpc) is 3.26. The van der Waals surface area contributed by atoms with Crippen LogP contribution in [0.1, 0.15) is 36.8 Å². The Kier molecular flexibility index (Phi) is 4.33. The predicted octanol–water partition coefficient (Wildman–Crippen LogP) is 3.41. The molecule has 128 valence electrons. The van der Waals surface area contributed by atoms with Crippen LogP contribution >= 0.6 is 24.0 Å². The van der Waals surface area contributed by atoms with E-state index in [-0.39, 0.29) is 11.4 Å². The van der Waals surface area contributed by atoms with E-state index in [0.717, 1.165) is 23.5 Å². The summed E-state index contributed by atoms with van der Waals surface area (Å²) in [6, 6.07) is 8.47. The van der Waals surface area contributed by atoms with Crippen molar-refractivity contribution in [3.8, 4) is 0 Å². The highest BCUT2D eigenvalue weighted by molar-refractivity contribution is 8.22. The highest BCUT2D eigenvalue weighted by atomic mass is 32.2. The third kappa shape index (κ3) is 3.08. The Bertz CT molecular complexity index is 644. The lowest BCUT2D eigenvalue weighted by Crippen LogP contribution is -2.50. The van der Waals surface area contributed by atoms with Crippen molar-refractivity contribution >= 4 is 34.2 Å². The van der Waals surface area contributed by atoms with Crippen molar-refractivity contribution < 1.29 is 4.79 Å². The number of carbonyl (C=O) groups is 1. The van der Waals surface area contributed by atoms with Crippen LogP contribution in [0.15, 0.2) is 24.3 Å². The second-order valence-electron chi connectivity index (χ2n) is 7.72. The molecule has 0 heterocycles. The number of thiocarbonyl (C=S) groups is 1. The van der Waals surface area contributed by atoms with Gasteiger partial charge in [-0.3, -0.25) is 4.79 Å². The van der Waals surface area contributed by atoms with Gasteiger partial charge in [-0.15, -0.1) is 0 Å². The van der Waals surface area contributed by atoms with Gasteiger partial charge >= 0.3 is 0 Å². The molecule has 1 aromatic carbocycles. The average molecular weight is 361 g/mol. The van der Waals surface area contributed by atoms with Gasteiger partial charge in [0.25, 0.3) is 0 Å². The number of rotatable bonds is 5. The van der Waals surface area contributed by atoms with Crippen molar-refractivity contribution in [3.63, 3.8) is 0 Å². The molecule has 4 bridgehead atoms. The number of hydrogen-bond donors (Lipinski definition) is 2. The van der Waals surface area contributed by atoms with Gasteiger partial charge in [-0.05, 0) is 55.9 Å². The fourth-order valence-corrected chi connectivity index (χ4v) is 5.99. The van der Waals surface area contributed by atoms with E-state index >= 15 is 0 Å². The number of carbonyl (C=O) groups excluding carboxylic acids is 1. The summed E-state index contributed by atoms with van der Waals surface area (Å²) in [6.07, 6.45) is 5.09. The maximum absolute atomic E-state index is 12.3. The lowest BCUT2D eigenvalue weighted by atomic mass is 9.90. The van der Waals surface area contributed by atoms with Crippen LogP contribution in [0.4, 0.5) is 0 Å². The molecule has 4 aliphatic carbocycles. The van der Waals surface area contributed by atoms with Crippen molar-refractivity contribution in [2.75, 3.05) is 6.54 Å². The van der Waals surface area contributed by atoms with Crippen LogP contribution < -0.4 is 10.6 Å². The maximum atomic E-state index is 12.3. The topological polar surface area (TPSA) is 41.1 Å². The minimum atomic E-state index is 0.0986. The van der Waals surface area contributed by atoms with E-state index in [1.807, 2.05) is 0 Å². The molecule has 2 unspecified atom stereocenters. The zero-order valence-corrected chi connectivity index (χ0v) is 15.6. The number of benzene rings is 1. The van der Waals surface area contributed by atoms with Crippen molar-refractivity contribution in [2.24, 2.45) is 17.8 Å². The van der Waals surface area contributed by atoms with E-state index in [4.69, 9.17) is 12.2 Å². The number of thioether (sulfide) groups is 1. The molecule has 5 heteroatoms. The largest absolute Gasteiger partial charge is 0.362 e. The van der Waals surface area contributed by atoms with Crippen LogP contribution in [0.3, 0.4) is 0 Å². The highest BCUT2D eigenvalue weighted by Crippen LogP contribution is 2.64. The van der Waals surface area contributed by atoms with Crippen LogP contribution in [-0.2, 0) is 10.5 Å². The number of amides is 1. The first-order valence-electron chi connectivity index (χ1n) is 8.81. The standard InChI is InChI=1S/C19H24N2OS2/c1-12-2-4-13(5-3-12)11-24-18(23)20-10-17(22)21-19-8-14-6-16(19)7-15(14)9-19/h2-5,14-16H,6-11H2,1H3,(H,20,23)(H,21,22). The van der Waals surface area contributed by atoms with Gasteiger partial charge in [0.1, 0.15) is 4.32 Å². The Hall–Kier alpha value is -1.07. The zero-order chi connectivity index (χ0) is 16.7. The lowest BCUT2D eigenvalue weighted by molar-refractivity contribution is -0.122. The van der Waals surface area contributed by atoms with Gasteiger partial charge in [0.2, 0.25) is 5.91 Å². The Morgan fingerprint density at radius 3 is 2.50 bits per heavy atom. The first-order chi connectivity index (χ1) is 11.5. The van der Waals surface area contributed by atoms with Crippen molar-refractivity contribution in [3.05, 3.63) is 35.4 Å². The van der Waals surface area contributed by atoms with Gasteiger partial charge in [-0.1, -0.05) is 53.8 Å². The number of aryl methyl sites for hydroxylation is 1. The molecule has 5 rings (SSSR count). The molecule has 1 amide bonds. The van der Waals surface area contributed by atoms with Gasteiger partial charge in [-0.2, -0.15) is 0 Å². The first-order valence-corrected chi connectivity index (χ1v) is 10.2. The molecule has 0 aliphatic heterocycles. The van der Waals surface area contributed by atoms with Crippen LogP contribution in [0.5, 0.6) is 0 Å². The van der Waals surface area contributed by atoms with Gasteiger partial charge in [-0.25, -0.2) is 0 Å². The minimum absolute atomic E-state index is 0.0986. The van der Waals surface area contributed by atoms with E-state index in [2.05, 4.69) is 41.8 Å². The van der Waals surface area contributed by atoms with Crippen LogP contribution in [0, 0.1) is 24.7 Å². The van der Waals surface area contributed by atoms with Crippen molar-refractivity contribution in [1.82, 2.24) is 10.6 Å². The number of nitrogens with one attached hydrogen (secondary N) is 2.